The molecular formula is C34H26F6N6O8S2. The summed E-state index contributed by atoms with van der Waals surface area (Å²) in [6, 6.07) is 11.8. The Morgan fingerprint density at radius 3 is 1.18 bits per heavy atom. The number of aliphatic hydroxyl groups is 2. The molecule has 4 aromatic carbocycles. The zero-order valence-corrected chi connectivity index (χ0v) is 29.4. The number of alkyl halides is 6. The Morgan fingerprint density at radius 2 is 0.893 bits per heavy atom. The van der Waals surface area contributed by atoms with Crippen LogP contribution in [0, 0.1) is 10.8 Å². The largest absolute Gasteiger partial charge is 0.416 e. The van der Waals surface area contributed by atoms with Crippen LogP contribution in [0.15, 0.2) is 95.1 Å². The quantitative estimate of drug-likeness (QED) is 0.0625. The van der Waals surface area contributed by atoms with Gasteiger partial charge in [-0.25, -0.2) is 0 Å². The maximum Gasteiger partial charge on any atom is 0.416 e. The lowest BCUT2D eigenvalue weighted by molar-refractivity contribution is -0.139. The monoisotopic (exact) mass is 824 g/mol. The van der Waals surface area contributed by atoms with E-state index in [9.17, 15) is 36.2 Å². The van der Waals surface area contributed by atoms with Crippen molar-refractivity contribution < 1.29 is 62.5 Å². The molecule has 10 N–H and O–H groups in total. The summed E-state index contributed by atoms with van der Waals surface area (Å²) in [4.78, 5) is 0. The van der Waals surface area contributed by atoms with E-state index in [4.69, 9.17) is 22.5 Å². The van der Waals surface area contributed by atoms with Crippen LogP contribution in [-0.2, 0) is 42.1 Å². The molecule has 14 nitrogen and oxygen atoms in total. The number of rotatable bonds is 5. The summed E-state index contributed by atoms with van der Waals surface area (Å²) >= 11 is 0. The van der Waals surface area contributed by atoms with E-state index >= 15 is 26.3 Å². The van der Waals surface area contributed by atoms with Crippen molar-refractivity contribution in [3.05, 3.63) is 129 Å². The van der Waals surface area contributed by atoms with E-state index in [1.54, 1.807) is 0 Å². The number of nitrogens with one attached hydrogen (secondary N) is 2. The van der Waals surface area contributed by atoms with Crippen LogP contribution >= 0.6 is 0 Å². The van der Waals surface area contributed by atoms with Crippen molar-refractivity contribution in [1.82, 2.24) is 0 Å². The van der Waals surface area contributed by atoms with E-state index in [0.717, 1.165) is 48.5 Å². The molecule has 6 rings (SSSR count). The minimum absolute atomic E-state index is 0.218. The first-order valence-electron chi connectivity index (χ1n) is 15.6. The fourth-order valence-electron chi connectivity index (χ4n) is 7.54. The Hall–Kier alpha value is -5.52. The van der Waals surface area contributed by atoms with Gasteiger partial charge in [0, 0.05) is 11.1 Å². The maximum atomic E-state index is 15.1. The van der Waals surface area contributed by atoms with Crippen LogP contribution < -0.4 is 11.7 Å². The van der Waals surface area contributed by atoms with E-state index in [-0.39, 0.29) is 23.3 Å². The highest BCUT2D eigenvalue weighted by molar-refractivity contribution is 7.87. The van der Waals surface area contributed by atoms with Crippen LogP contribution in [-0.4, -0.2) is 71.2 Å². The molecule has 0 heterocycles. The predicted molar refractivity (Wildman–Crippen MR) is 188 cm³/mol. The second-order valence-electron chi connectivity index (χ2n) is 12.6. The van der Waals surface area contributed by atoms with Gasteiger partial charge in [0.2, 0.25) is 0 Å². The fraction of sp³-hybridized carbons (Fsp3) is 0.176. The number of hydrogen-bond donors (Lipinski definition) is 8. The van der Waals surface area contributed by atoms with Crippen LogP contribution in [0.2, 0.25) is 0 Å². The number of hydrogen-bond acceptors (Lipinski definition) is 12. The van der Waals surface area contributed by atoms with Crippen molar-refractivity contribution in [2.45, 2.75) is 34.1 Å². The van der Waals surface area contributed by atoms with E-state index in [1.165, 1.54) is 12.1 Å². The zero-order valence-electron chi connectivity index (χ0n) is 27.8. The molecule has 4 unspecified atom stereocenters. The minimum Gasteiger partial charge on any atom is -0.384 e. The van der Waals surface area contributed by atoms with Crippen LogP contribution in [0.1, 0.15) is 44.5 Å². The molecule has 56 heavy (non-hydrogen) atoms. The summed E-state index contributed by atoms with van der Waals surface area (Å²) in [7, 11) is -11.8. The van der Waals surface area contributed by atoms with E-state index in [2.05, 4.69) is 10.2 Å². The average Bonchev–Trinajstić information content (AvgIpc) is 3.11. The topological polar surface area (TPSA) is 274 Å². The first-order chi connectivity index (χ1) is 25.9. The third kappa shape index (κ3) is 5.54. The molecule has 4 aromatic rings. The molecule has 22 heteroatoms. The Morgan fingerprint density at radius 1 is 0.571 bits per heavy atom. The fourth-order valence-corrected chi connectivity index (χ4v) is 10.1. The van der Waals surface area contributed by atoms with E-state index in [0.29, 0.717) is 12.1 Å². The van der Waals surface area contributed by atoms with Gasteiger partial charge < -0.3 is 21.9 Å². The summed E-state index contributed by atoms with van der Waals surface area (Å²) in [5.41, 5.74) is -13.2. The molecule has 2 aliphatic carbocycles. The zero-order chi connectivity index (χ0) is 41.6. The van der Waals surface area contributed by atoms with Crippen molar-refractivity contribution in [2.24, 2.45) is 21.9 Å². The SMILES string of the molecule is N=C1C(=NN)C(O)C(c2ccc(-c3ccc(C4(S(=O)(=O)O)c5ccccc5C(=N)C(=NN)C4O)c(C(F)(F)F)c3)cc2C(F)(F)F)(S(=O)(=O)O)c2ccccc21. The van der Waals surface area contributed by atoms with Crippen molar-refractivity contribution in [2.75, 3.05) is 0 Å². The molecule has 0 aromatic heterocycles. The second kappa shape index (κ2) is 13.0. The van der Waals surface area contributed by atoms with Gasteiger partial charge in [0.1, 0.15) is 23.6 Å². The highest BCUT2D eigenvalue weighted by atomic mass is 32.2. The predicted octanol–water partition coefficient (Wildman–Crippen LogP) is 3.77. The molecule has 0 bridgehead atoms. The average molecular weight is 825 g/mol. The van der Waals surface area contributed by atoms with Gasteiger partial charge >= 0.3 is 12.4 Å². The van der Waals surface area contributed by atoms with Gasteiger partial charge in [0.05, 0.1) is 22.6 Å². The molecule has 0 fully saturated rings. The molecule has 0 radical (unpaired) electrons. The molecular weight excluding hydrogens is 799 g/mol. The Labute approximate surface area is 312 Å². The van der Waals surface area contributed by atoms with Crippen LogP contribution in [0.4, 0.5) is 26.3 Å². The molecule has 0 saturated heterocycles. The molecule has 2 aliphatic rings. The summed E-state index contributed by atoms with van der Waals surface area (Å²) in [5.74, 6) is 10.6. The first kappa shape index (κ1) is 40.2. The minimum atomic E-state index is -5.90. The third-order valence-electron chi connectivity index (χ3n) is 9.87. The van der Waals surface area contributed by atoms with E-state index in [1.807, 2.05) is 0 Å². The molecule has 4 atom stereocenters. The van der Waals surface area contributed by atoms with Gasteiger partial charge in [-0.15, -0.1) is 0 Å². The molecule has 294 valence electrons. The van der Waals surface area contributed by atoms with Gasteiger partial charge in [-0.05, 0) is 45.5 Å². The van der Waals surface area contributed by atoms with Gasteiger partial charge in [0.25, 0.3) is 20.2 Å². The Balaban J connectivity index is 1.68. The summed E-state index contributed by atoms with van der Waals surface area (Å²) < 4.78 is 158. The van der Waals surface area contributed by atoms with Gasteiger partial charge in [-0.3, -0.25) is 19.9 Å². The van der Waals surface area contributed by atoms with Gasteiger partial charge in [-0.2, -0.15) is 53.4 Å². The highest BCUT2D eigenvalue weighted by Crippen LogP contribution is 2.53. The van der Waals surface area contributed by atoms with Crippen molar-refractivity contribution in [1.29, 1.82) is 10.8 Å². The number of benzene rings is 4. The number of fused-ring (bicyclic) bond motifs is 2. The Kier molecular flexibility index (Phi) is 9.34. The van der Waals surface area contributed by atoms with E-state index < -0.39 is 122 Å². The molecule has 0 amide bonds. The molecule has 0 saturated carbocycles. The number of nitrogens with two attached hydrogens (primary N) is 2. The first-order valence-corrected chi connectivity index (χ1v) is 18.5. The summed E-state index contributed by atoms with van der Waals surface area (Å²) in [5, 5.41) is 45.9. The van der Waals surface area contributed by atoms with Crippen molar-refractivity contribution in [3.8, 4) is 11.1 Å². The summed E-state index contributed by atoms with van der Waals surface area (Å²) in [6.07, 6.45) is -16.6. The van der Waals surface area contributed by atoms with Crippen molar-refractivity contribution in [3.63, 3.8) is 0 Å². The summed E-state index contributed by atoms with van der Waals surface area (Å²) in [6.45, 7) is 0. The maximum absolute atomic E-state index is 15.1. The molecule has 0 spiro atoms. The van der Waals surface area contributed by atoms with Crippen LogP contribution in [0.3, 0.4) is 0 Å². The Bertz CT molecular complexity index is 2470. The standard InChI is InChI=1S/C34H26F6N6O8S2/c35-33(36,37)23-13-15(9-11-21(23)31(55(49,50)51)19-7-3-1-5-17(19)25(41)27(45-43)29(31)47)16-10-12-22(24(14-16)34(38,39)40)32(56(52,53)54)20-8-4-2-6-18(20)26(42)28(46-44)30(32)48/h1-14,29-30,41-42,47-48H,43-44H2,(H,49,50,51)(H,52,53,54). The lowest BCUT2D eigenvalue weighted by Gasteiger charge is -2.42. The number of halogens is 6. The number of hydrazone groups is 2. The van der Waals surface area contributed by atoms with Crippen LogP contribution in [0.5, 0.6) is 0 Å². The second-order valence-corrected chi connectivity index (χ2v) is 15.8. The van der Waals surface area contributed by atoms with Crippen molar-refractivity contribution >= 4 is 43.1 Å². The van der Waals surface area contributed by atoms with Gasteiger partial charge in [-0.1, -0.05) is 72.8 Å². The number of nitrogens with zero attached hydrogens (tertiary/aromatic N) is 2. The van der Waals surface area contributed by atoms with Gasteiger partial charge in [0.15, 0.2) is 9.49 Å². The smallest absolute Gasteiger partial charge is 0.384 e. The lowest BCUT2D eigenvalue weighted by atomic mass is 9.72. The number of aliphatic hydroxyl groups excluding tert-OH is 2. The molecule has 0 aliphatic heterocycles. The lowest BCUT2D eigenvalue weighted by Crippen LogP contribution is -2.57. The highest BCUT2D eigenvalue weighted by Gasteiger charge is 2.63. The third-order valence-corrected chi connectivity index (χ3v) is 12.8. The van der Waals surface area contributed by atoms with Crippen LogP contribution in [0.25, 0.3) is 11.1 Å². The normalized spacial score (nSPS) is 24.6.